The number of aliphatic hydroxyl groups excluding tert-OH is 1. The van der Waals surface area contributed by atoms with Crippen molar-refractivity contribution in [2.45, 2.75) is 42.7 Å². The molecule has 2 saturated heterocycles. The van der Waals surface area contributed by atoms with Gasteiger partial charge in [0.25, 0.3) is 0 Å². The van der Waals surface area contributed by atoms with Crippen LogP contribution in [0.15, 0.2) is 43.0 Å². The number of hydrogen-bond donors (Lipinski definition) is 1. The van der Waals surface area contributed by atoms with Crippen LogP contribution in [0.25, 0.3) is 0 Å². The zero-order chi connectivity index (χ0) is 20.5. The number of ether oxygens (including phenoxy) is 2. The summed E-state index contributed by atoms with van der Waals surface area (Å²) in [6, 6.07) is 8.49. The van der Waals surface area contributed by atoms with Gasteiger partial charge in [0.2, 0.25) is 5.91 Å². The minimum absolute atomic E-state index is 0.0434. The Hall–Kier alpha value is -2.32. The molecular weight excluding hydrogens is 382 g/mol. The van der Waals surface area contributed by atoms with Crippen molar-refractivity contribution >= 4 is 29.6 Å². The molecule has 28 heavy (non-hydrogen) atoms. The molecule has 0 radical (unpaired) electrons. The number of fused-ring (bicyclic) bond motifs is 1. The van der Waals surface area contributed by atoms with E-state index < -0.39 is 46.0 Å². The molecule has 0 bridgehead atoms. The number of benzene rings is 1. The predicted molar refractivity (Wildman–Crippen MR) is 103 cm³/mol. The molecule has 1 N–H and O–H groups in total. The molecule has 150 valence electrons. The van der Waals surface area contributed by atoms with Crippen molar-refractivity contribution in [3.05, 3.63) is 48.6 Å². The first kappa shape index (κ1) is 20.4. The molecule has 1 amide bonds. The molecule has 0 aromatic heterocycles. The van der Waals surface area contributed by atoms with Crippen LogP contribution in [0.3, 0.4) is 0 Å². The maximum Gasteiger partial charge on any atom is 0.336 e. The van der Waals surface area contributed by atoms with Gasteiger partial charge < -0.3 is 19.5 Å². The molecule has 2 fully saturated rings. The highest BCUT2D eigenvalue weighted by Gasteiger charge is 2.66. The van der Waals surface area contributed by atoms with Crippen molar-refractivity contribution in [2.24, 2.45) is 5.92 Å². The van der Waals surface area contributed by atoms with Crippen molar-refractivity contribution in [3.8, 4) is 0 Å². The van der Waals surface area contributed by atoms with Crippen molar-refractivity contribution in [3.63, 3.8) is 0 Å². The molecule has 0 unspecified atom stereocenters. The normalized spacial score (nSPS) is 26.0. The third-order valence-corrected chi connectivity index (χ3v) is 6.45. The minimum atomic E-state index is -1.57. The molecule has 1 aromatic carbocycles. The number of nitrogens with zero attached hydrogens (tertiary/aromatic N) is 1. The van der Waals surface area contributed by atoms with Gasteiger partial charge in [-0.2, -0.15) is 0 Å². The van der Waals surface area contributed by atoms with Gasteiger partial charge in [0.1, 0.15) is 25.2 Å². The van der Waals surface area contributed by atoms with Crippen LogP contribution in [-0.2, 0) is 30.5 Å². The molecule has 7 nitrogen and oxygen atoms in total. The maximum absolute atomic E-state index is 12.7. The van der Waals surface area contributed by atoms with E-state index in [1.807, 2.05) is 44.2 Å². The number of β-lactam (4-membered cyclic amide) rings is 1. The van der Waals surface area contributed by atoms with Crippen LogP contribution in [-0.4, -0.2) is 56.7 Å². The fourth-order valence-electron chi connectivity index (χ4n) is 3.49. The summed E-state index contributed by atoms with van der Waals surface area (Å²) in [7, 11) is 0. The van der Waals surface area contributed by atoms with Gasteiger partial charge >= 0.3 is 11.9 Å². The number of amides is 1. The summed E-state index contributed by atoms with van der Waals surface area (Å²) in [5.74, 6) is -2.76. The number of rotatable bonds is 7. The lowest BCUT2D eigenvalue weighted by atomic mass is 9.88. The van der Waals surface area contributed by atoms with Crippen LogP contribution in [0.1, 0.15) is 19.4 Å². The fourth-order valence-corrected chi connectivity index (χ4v) is 5.21. The van der Waals surface area contributed by atoms with Gasteiger partial charge in [-0.1, -0.05) is 43.0 Å². The molecule has 0 saturated carbocycles. The van der Waals surface area contributed by atoms with E-state index in [-0.39, 0.29) is 13.2 Å². The largest absolute Gasteiger partial charge is 0.460 e. The maximum atomic E-state index is 12.7. The molecule has 0 spiro atoms. The number of esters is 2. The lowest BCUT2D eigenvalue weighted by Crippen LogP contribution is -2.66. The van der Waals surface area contributed by atoms with E-state index in [2.05, 4.69) is 6.58 Å². The van der Waals surface area contributed by atoms with E-state index in [1.165, 1.54) is 22.7 Å². The van der Waals surface area contributed by atoms with Crippen molar-refractivity contribution in [1.82, 2.24) is 4.90 Å². The van der Waals surface area contributed by atoms with Gasteiger partial charge in [-0.15, -0.1) is 11.8 Å². The smallest absolute Gasteiger partial charge is 0.336 e. The van der Waals surface area contributed by atoms with E-state index in [9.17, 15) is 19.5 Å². The Morgan fingerprint density at radius 3 is 2.64 bits per heavy atom. The first-order valence-corrected chi connectivity index (χ1v) is 9.82. The highest BCUT2D eigenvalue weighted by atomic mass is 32.2. The average molecular weight is 405 g/mol. The molecule has 8 heteroatoms. The van der Waals surface area contributed by atoms with Gasteiger partial charge in [-0.3, -0.25) is 4.79 Å². The summed E-state index contributed by atoms with van der Waals surface area (Å²) in [6.07, 6.45) is -0.192. The van der Waals surface area contributed by atoms with Crippen LogP contribution in [0, 0.1) is 5.92 Å². The van der Waals surface area contributed by atoms with Crippen LogP contribution >= 0.6 is 11.8 Å². The third kappa shape index (κ3) is 3.66. The van der Waals surface area contributed by atoms with Gasteiger partial charge in [-0.25, -0.2) is 9.59 Å². The molecule has 0 aliphatic carbocycles. The van der Waals surface area contributed by atoms with Crippen molar-refractivity contribution < 1.29 is 29.0 Å². The van der Waals surface area contributed by atoms with E-state index >= 15 is 0 Å². The van der Waals surface area contributed by atoms with Gasteiger partial charge in [0.15, 0.2) is 6.10 Å². The molecule has 2 aliphatic rings. The summed E-state index contributed by atoms with van der Waals surface area (Å²) < 4.78 is 9.66. The third-order valence-electron chi connectivity index (χ3n) is 4.85. The highest BCUT2D eigenvalue weighted by Crippen LogP contribution is 2.54. The molecular formula is C20H23NO6S. The van der Waals surface area contributed by atoms with Crippen LogP contribution in [0.2, 0.25) is 0 Å². The zero-order valence-corrected chi connectivity index (χ0v) is 16.6. The minimum Gasteiger partial charge on any atom is -0.460 e. The van der Waals surface area contributed by atoms with Crippen LogP contribution in [0.4, 0.5) is 0 Å². The Morgan fingerprint density at radius 1 is 1.32 bits per heavy atom. The Morgan fingerprint density at radius 2 is 2.00 bits per heavy atom. The number of carbonyl (C=O) groups is 3. The second-order valence-electron chi connectivity index (χ2n) is 7.24. The number of aliphatic hydroxyl groups is 1. The zero-order valence-electron chi connectivity index (χ0n) is 15.7. The van der Waals surface area contributed by atoms with Crippen LogP contribution < -0.4 is 0 Å². The number of hydrogen-bond acceptors (Lipinski definition) is 7. The fraction of sp³-hybridized carbons (Fsp3) is 0.450. The van der Waals surface area contributed by atoms with Gasteiger partial charge in [-0.05, 0) is 19.4 Å². The molecule has 2 aliphatic heterocycles. The monoisotopic (exact) mass is 405 g/mol. The first-order chi connectivity index (χ1) is 13.3. The topological polar surface area (TPSA) is 93.1 Å². The Labute approximate surface area is 167 Å². The summed E-state index contributed by atoms with van der Waals surface area (Å²) in [5.41, 5.74) is 0.851. The highest BCUT2D eigenvalue weighted by molar-refractivity contribution is 8.01. The Bertz CT molecular complexity index is 780. The van der Waals surface area contributed by atoms with E-state index in [4.69, 9.17) is 9.47 Å². The summed E-state index contributed by atoms with van der Waals surface area (Å²) in [5, 5.41) is 9.76. The standard InChI is InChI=1S/C20H23NO6S/c1-4-10-26-18(24)14(22)13-16(23)21-15(20(2,3)28-17(13)21)19(25)27-11-12-8-6-5-7-9-12/h4-9,13-15,17,22H,1,10-11H2,2-3H3/t13-,14+,15+,17-/m1/s1. The van der Waals surface area contributed by atoms with Gasteiger partial charge in [0, 0.05) is 4.75 Å². The first-order valence-electron chi connectivity index (χ1n) is 8.94. The summed E-state index contributed by atoms with van der Waals surface area (Å²) >= 11 is 1.37. The summed E-state index contributed by atoms with van der Waals surface area (Å²) in [4.78, 5) is 38.7. The lowest BCUT2D eigenvalue weighted by Gasteiger charge is -2.45. The van der Waals surface area contributed by atoms with E-state index in [0.29, 0.717) is 0 Å². The Kier molecular flexibility index (Phi) is 5.81. The van der Waals surface area contributed by atoms with Gasteiger partial charge in [0.05, 0.1) is 5.37 Å². The Balaban J connectivity index is 1.68. The second kappa shape index (κ2) is 7.97. The molecule has 3 rings (SSSR count). The molecule has 4 atom stereocenters. The van der Waals surface area contributed by atoms with Crippen molar-refractivity contribution in [2.75, 3.05) is 6.61 Å². The SMILES string of the molecule is C=CCOC(=O)[C@@H](O)[C@@H]1C(=O)N2[C@@H]1SC(C)(C)[C@@H]2C(=O)OCc1ccccc1. The lowest BCUT2D eigenvalue weighted by molar-refractivity contribution is -0.178. The quantitative estimate of drug-likeness (QED) is 0.417. The second-order valence-corrected chi connectivity index (χ2v) is 9.01. The number of carbonyl (C=O) groups excluding carboxylic acids is 3. The van der Waals surface area contributed by atoms with E-state index in [1.54, 1.807) is 0 Å². The molecule has 1 aromatic rings. The molecule has 2 heterocycles. The van der Waals surface area contributed by atoms with E-state index in [0.717, 1.165) is 5.56 Å². The van der Waals surface area contributed by atoms with Crippen molar-refractivity contribution in [1.29, 1.82) is 0 Å². The summed E-state index contributed by atoms with van der Waals surface area (Å²) in [6.45, 7) is 7.20. The van der Waals surface area contributed by atoms with Crippen LogP contribution in [0.5, 0.6) is 0 Å². The average Bonchev–Trinajstić information content (AvgIpc) is 2.92. The number of thioether (sulfide) groups is 1. The predicted octanol–water partition coefficient (Wildman–Crippen LogP) is 1.50.